The molecule has 0 radical (unpaired) electrons. The number of ketones is 1. The van der Waals surface area contributed by atoms with E-state index in [1.165, 1.54) is 57.8 Å². The summed E-state index contributed by atoms with van der Waals surface area (Å²) in [5.74, 6) is 0.608. The standard InChI is InChI=1S/C13H22O/c14-12-8-4-3-7-11-13(12)9-5-1-2-6-10-13/h1-11H2. The lowest BCUT2D eigenvalue weighted by Crippen LogP contribution is -2.29. The van der Waals surface area contributed by atoms with Crippen molar-refractivity contribution >= 4 is 5.78 Å². The first-order valence-electron chi connectivity index (χ1n) is 6.37. The van der Waals surface area contributed by atoms with Gasteiger partial charge in [-0.3, -0.25) is 4.79 Å². The van der Waals surface area contributed by atoms with Crippen LogP contribution in [0.1, 0.15) is 70.6 Å². The zero-order valence-corrected chi connectivity index (χ0v) is 9.19. The van der Waals surface area contributed by atoms with Gasteiger partial charge in [0.05, 0.1) is 0 Å². The fourth-order valence-electron chi connectivity index (χ4n) is 3.26. The van der Waals surface area contributed by atoms with E-state index < -0.39 is 0 Å². The largest absolute Gasteiger partial charge is 0.299 e. The molecule has 0 saturated heterocycles. The molecular formula is C13H22O. The smallest absolute Gasteiger partial charge is 0.139 e. The van der Waals surface area contributed by atoms with Gasteiger partial charge in [-0.05, 0) is 25.7 Å². The van der Waals surface area contributed by atoms with Crippen LogP contribution in [0.25, 0.3) is 0 Å². The molecule has 0 amide bonds. The number of hydrogen-bond donors (Lipinski definition) is 0. The van der Waals surface area contributed by atoms with Crippen molar-refractivity contribution in [2.45, 2.75) is 70.6 Å². The summed E-state index contributed by atoms with van der Waals surface area (Å²) in [5, 5.41) is 0. The zero-order valence-electron chi connectivity index (χ0n) is 9.19. The van der Waals surface area contributed by atoms with Crippen LogP contribution in [0.4, 0.5) is 0 Å². The normalized spacial score (nSPS) is 28.4. The summed E-state index contributed by atoms with van der Waals surface area (Å²) in [5.41, 5.74) is 0.146. The molecule has 14 heavy (non-hydrogen) atoms. The monoisotopic (exact) mass is 194 g/mol. The quantitative estimate of drug-likeness (QED) is 0.572. The van der Waals surface area contributed by atoms with Gasteiger partial charge in [-0.15, -0.1) is 0 Å². The summed E-state index contributed by atoms with van der Waals surface area (Å²) < 4.78 is 0. The highest BCUT2D eigenvalue weighted by atomic mass is 16.1. The predicted octanol–water partition coefficient (Wildman–Crippen LogP) is 3.86. The third kappa shape index (κ3) is 2.02. The van der Waals surface area contributed by atoms with Crippen molar-refractivity contribution in [2.75, 3.05) is 0 Å². The van der Waals surface area contributed by atoms with Crippen LogP contribution in [-0.4, -0.2) is 5.78 Å². The fraction of sp³-hybridized carbons (Fsp3) is 0.923. The molecule has 0 aromatic rings. The Balaban J connectivity index is 2.11. The molecule has 2 saturated carbocycles. The SMILES string of the molecule is O=C1CCCCCC12CCCCCC2. The second-order valence-electron chi connectivity index (χ2n) is 5.18. The molecule has 0 aromatic heterocycles. The van der Waals surface area contributed by atoms with Gasteiger partial charge in [0.1, 0.15) is 5.78 Å². The lowest BCUT2D eigenvalue weighted by Gasteiger charge is -2.29. The summed E-state index contributed by atoms with van der Waals surface area (Å²) in [6.07, 6.45) is 13.5. The van der Waals surface area contributed by atoms with Gasteiger partial charge in [0.2, 0.25) is 0 Å². The van der Waals surface area contributed by atoms with Gasteiger partial charge >= 0.3 is 0 Å². The summed E-state index contributed by atoms with van der Waals surface area (Å²) in [4.78, 5) is 12.1. The van der Waals surface area contributed by atoms with E-state index in [2.05, 4.69) is 0 Å². The minimum absolute atomic E-state index is 0.146. The first kappa shape index (κ1) is 10.2. The van der Waals surface area contributed by atoms with E-state index in [0.717, 1.165) is 12.8 Å². The molecule has 0 bridgehead atoms. The molecule has 0 unspecified atom stereocenters. The Labute approximate surface area is 87.3 Å². The maximum absolute atomic E-state index is 12.1. The minimum atomic E-state index is 0.146. The summed E-state index contributed by atoms with van der Waals surface area (Å²) in [7, 11) is 0. The lowest BCUT2D eigenvalue weighted by molar-refractivity contribution is -0.129. The van der Waals surface area contributed by atoms with Crippen molar-refractivity contribution in [3.63, 3.8) is 0 Å². The molecule has 2 aliphatic carbocycles. The summed E-state index contributed by atoms with van der Waals surface area (Å²) in [6, 6.07) is 0. The van der Waals surface area contributed by atoms with Gasteiger partial charge in [-0.1, -0.05) is 38.5 Å². The van der Waals surface area contributed by atoms with Crippen molar-refractivity contribution in [3.05, 3.63) is 0 Å². The highest BCUT2D eigenvalue weighted by Gasteiger charge is 2.37. The Morgan fingerprint density at radius 2 is 1.21 bits per heavy atom. The number of rotatable bonds is 0. The average Bonchev–Trinajstić information content (AvgIpc) is 2.51. The Morgan fingerprint density at radius 1 is 0.714 bits per heavy atom. The predicted molar refractivity (Wildman–Crippen MR) is 58.2 cm³/mol. The first-order valence-corrected chi connectivity index (χ1v) is 6.37. The van der Waals surface area contributed by atoms with E-state index in [4.69, 9.17) is 0 Å². The van der Waals surface area contributed by atoms with Crippen molar-refractivity contribution in [1.82, 2.24) is 0 Å². The molecule has 0 heterocycles. The van der Waals surface area contributed by atoms with Gasteiger partial charge in [0.15, 0.2) is 0 Å². The second-order valence-corrected chi connectivity index (χ2v) is 5.18. The lowest BCUT2D eigenvalue weighted by atomic mass is 9.73. The second kappa shape index (κ2) is 4.46. The molecule has 2 fully saturated rings. The Hall–Kier alpha value is -0.330. The summed E-state index contributed by atoms with van der Waals surface area (Å²) >= 11 is 0. The van der Waals surface area contributed by atoms with E-state index in [0.29, 0.717) is 5.78 Å². The zero-order chi connectivity index (χ0) is 9.86. The molecule has 0 atom stereocenters. The minimum Gasteiger partial charge on any atom is -0.299 e. The molecule has 80 valence electrons. The Bertz CT molecular complexity index is 191. The molecule has 1 spiro atoms. The molecule has 1 nitrogen and oxygen atoms in total. The topological polar surface area (TPSA) is 17.1 Å². The van der Waals surface area contributed by atoms with Gasteiger partial charge < -0.3 is 0 Å². The van der Waals surface area contributed by atoms with Crippen LogP contribution in [-0.2, 0) is 4.79 Å². The van der Waals surface area contributed by atoms with Crippen LogP contribution < -0.4 is 0 Å². The molecule has 2 rings (SSSR count). The van der Waals surface area contributed by atoms with Crippen LogP contribution in [0.3, 0.4) is 0 Å². The van der Waals surface area contributed by atoms with Gasteiger partial charge in [-0.25, -0.2) is 0 Å². The van der Waals surface area contributed by atoms with Crippen molar-refractivity contribution < 1.29 is 4.79 Å². The van der Waals surface area contributed by atoms with Crippen LogP contribution in [0, 0.1) is 5.41 Å². The summed E-state index contributed by atoms with van der Waals surface area (Å²) in [6.45, 7) is 0. The van der Waals surface area contributed by atoms with Crippen molar-refractivity contribution in [2.24, 2.45) is 5.41 Å². The number of carbonyl (C=O) groups is 1. The molecular weight excluding hydrogens is 172 g/mol. The number of Topliss-reactive ketones (excluding diaryl/α,β-unsaturated/α-hetero) is 1. The van der Waals surface area contributed by atoms with E-state index in [1.807, 2.05) is 0 Å². The Kier molecular flexibility index (Phi) is 3.25. The molecule has 0 aliphatic heterocycles. The van der Waals surface area contributed by atoms with Gasteiger partial charge in [-0.2, -0.15) is 0 Å². The van der Waals surface area contributed by atoms with Gasteiger partial charge in [0.25, 0.3) is 0 Å². The maximum Gasteiger partial charge on any atom is 0.139 e. The van der Waals surface area contributed by atoms with Crippen LogP contribution >= 0.6 is 0 Å². The van der Waals surface area contributed by atoms with E-state index in [9.17, 15) is 4.79 Å². The van der Waals surface area contributed by atoms with E-state index in [-0.39, 0.29) is 5.41 Å². The van der Waals surface area contributed by atoms with E-state index >= 15 is 0 Å². The fourth-order valence-corrected chi connectivity index (χ4v) is 3.26. The van der Waals surface area contributed by atoms with E-state index in [1.54, 1.807) is 0 Å². The first-order chi connectivity index (χ1) is 6.83. The Morgan fingerprint density at radius 3 is 1.79 bits per heavy atom. The molecule has 0 N–H and O–H groups in total. The molecule has 2 aliphatic rings. The van der Waals surface area contributed by atoms with Crippen LogP contribution in [0.2, 0.25) is 0 Å². The van der Waals surface area contributed by atoms with Crippen LogP contribution in [0.5, 0.6) is 0 Å². The highest BCUT2D eigenvalue weighted by Crippen LogP contribution is 2.43. The molecule has 1 heteroatoms. The average molecular weight is 194 g/mol. The number of carbonyl (C=O) groups excluding carboxylic acids is 1. The third-order valence-corrected chi connectivity index (χ3v) is 4.21. The van der Waals surface area contributed by atoms with Crippen LogP contribution in [0.15, 0.2) is 0 Å². The van der Waals surface area contributed by atoms with Crippen molar-refractivity contribution in [1.29, 1.82) is 0 Å². The molecule has 0 aromatic carbocycles. The van der Waals surface area contributed by atoms with Crippen molar-refractivity contribution in [3.8, 4) is 0 Å². The maximum atomic E-state index is 12.1. The number of hydrogen-bond acceptors (Lipinski definition) is 1. The highest BCUT2D eigenvalue weighted by molar-refractivity contribution is 5.85. The van der Waals surface area contributed by atoms with Gasteiger partial charge in [0, 0.05) is 11.8 Å². The third-order valence-electron chi connectivity index (χ3n) is 4.21.